The van der Waals surface area contributed by atoms with Crippen molar-refractivity contribution < 1.29 is 0 Å². The highest BCUT2D eigenvalue weighted by atomic mass is 14.5. The highest BCUT2D eigenvalue weighted by Crippen LogP contribution is 2.59. The van der Waals surface area contributed by atoms with E-state index in [-0.39, 0.29) is 10.8 Å². The van der Waals surface area contributed by atoms with Crippen molar-refractivity contribution in [1.82, 2.24) is 0 Å². The van der Waals surface area contributed by atoms with Crippen molar-refractivity contribution in [3.05, 3.63) is 301 Å². The molecule has 0 fully saturated rings. The second-order valence-corrected chi connectivity index (χ2v) is 24.9. The van der Waals surface area contributed by atoms with E-state index in [0.717, 1.165) is 25.7 Å². The van der Waals surface area contributed by atoms with Crippen molar-refractivity contribution in [2.24, 2.45) is 0 Å². The van der Waals surface area contributed by atoms with Gasteiger partial charge in [0.15, 0.2) is 0 Å². The zero-order chi connectivity index (χ0) is 58.8. The number of rotatable bonds is 10. The summed E-state index contributed by atoms with van der Waals surface area (Å²) in [6.45, 7) is 9.65. The van der Waals surface area contributed by atoms with Crippen LogP contribution in [0.3, 0.4) is 0 Å². The normalized spacial score (nSPS) is 13.6. The lowest BCUT2D eigenvalue weighted by Crippen LogP contribution is -2.23. The summed E-state index contributed by atoms with van der Waals surface area (Å²) >= 11 is 0. The summed E-state index contributed by atoms with van der Waals surface area (Å²) < 4.78 is 0. The van der Waals surface area contributed by atoms with Crippen molar-refractivity contribution in [3.63, 3.8) is 0 Å². The maximum atomic E-state index is 2.59. The molecule has 0 heteroatoms. The van der Waals surface area contributed by atoms with Crippen LogP contribution in [0.25, 0.3) is 154 Å². The van der Waals surface area contributed by atoms with Crippen LogP contribution in [0.4, 0.5) is 0 Å². The molecular formula is C88H66. The van der Waals surface area contributed by atoms with Crippen LogP contribution >= 0.6 is 0 Å². The minimum atomic E-state index is -0.159. The zero-order valence-electron chi connectivity index (χ0n) is 50.4. The third-order valence-electron chi connectivity index (χ3n) is 21.2. The molecule has 17 rings (SSSR count). The number of hydrogen-bond acceptors (Lipinski definition) is 0. The van der Waals surface area contributed by atoms with Crippen LogP contribution in [0.2, 0.25) is 0 Å². The molecule has 0 bridgehead atoms. The highest BCUT2D eigenvalue weighted by molar-refractivity contribution is 6.30. The van der Waals surface area contributed by atoms with E-state index in [1.807, 2.05) is 0 Å². The molecule has 15 aromatic carbocycles. The molecule has 88 heavy (non-hydrogen) atoms. The van der Waals surface area contributed by atoms with Crippen LogP contribution in [0.15, 0.2) is 279 Å². The van der Waals surface area contributed by atoms with Crippen molar-refractivity contribution >= 4 is 64.6 Å². The van der Waals surface area contributed by atoms with Crippen LogP contribution < -0.4 is 0 Å². The van der Waals surface area contributed by atoms with Crippen LogP contribution in [0, 0.1) is 0 Å². The molecule has 418 valence electrons. The summed E-state index contributed by atoms with van der Waals surface area (Å²) in [4.78, 5) is 0. The summed E-state index contributed by atoms with van der Waals surface area (Å²) in [5.41, 5.74) is 26.4. The van der Waals surface area contributed by atoms with E-state index in [2.05, 4.69) is 307 Å². The SMILES string of the molecule is CCC1(CC)c2cc(-c3ccc4c(c3)C(CC)(CC)c3cc(-c5c6ccccc6c(-c6c7ccccc7c(-c7ccccc7)c7ccccc67)c6ccccc56)ccc3-4)ccc2-c2ccc(-c3c4ccccc4c(-c4ccccc4)c4ccccc34)cc21. The standard InChI is InChI=1S/C88H66/c1-5-87(6-2)77-51-57(43-47-61(77)63-49-45-59(53-79(63)87)83-67-33-17-15-31-65(67)81(55-27-11-9-12-28-55)66-32-16-18-34-68(66)83)58-44-48-62-64-50-46-60(54-80(64)88(7-3,8-4)78(62)52-58)84-71-37-21-25-41-75(71)86(76-42-26-22-38-72(76)84)85-73-39-23-19-35-69(73)82(56-29-13-10-14-30-56)70-36-20-24-40-74(70)85/h9-54H,5-8H2,1-4H3. The lowest BCUT2D eigenvalue weighted by molar-refractivity contribution is 0.490. The molecule has 0 saturated heterocycles. The molecule has 0 aromatic heterocycles. The van der Waals surface area contributed by atoms with Crippen LogP contribution in [-0.2, 0) is 10.8 Å². The molecule has 2 aliphatic carbocycles. The Morgan fingerprint density at radius 2 is 0.375 bits per heavy atom. The monoisotopic (exact) mass is 1120 g/mol. The smallest absolute Gasteiger partial charge is 0.0210 e. The minimum absolute atomic E-state index is 0.132. The molecular weight excluding hydrogens is 1060 g/mol. The second kappa shape index (κ2) is 20.2. The van der Waals surface area contributed by atoms with Gasteiger partial charge in [-0.05, 0) is 226 Å². The summed E-state index contributed by atoms with van der Waals surface area (Å²) in [6, 6.07) is 106. The molecule has 2 aliphatic rings. The van der Waals surface area contributed by atoms with E-state index >= 15 is 0 Å². The van der Waals surface area contributed by atoms with Gasteiger partial charge in [-0.1, -0.05) is 282 Å². The molecule has 0 spiro atoms. The van der Waals surface area contributed by atoms with Crippen LogP contribution in [0.5, 0.6) is 0 Å². The Labute approximate surface area is 516 Å². The Kier molecular flexibility index (Phi) is 12.0. The Morgan fingerprint density at radius 3 is 0.614 bits per heavy atom. The molecule has 0 aliphatic heterocycles. The van der Waals surface area contributed by atoms with E-state index < -0.39 is 0 Å². The van der Waals surface area contributed by atoms with E-state index in [1.54, 1.807) is 0 Å². The van der Waals surface area contributed by atoms with Crippen molar-refractivity contribution in [3.8, 4) is 89.0 Å². The molecule has 0 heterocycles. The van der Waals surface area contributed by atoms with Gasteiger partial charge in [-0.3, -0.25) is 0 Å². The highest BCUT2D eigenvalue weighted by Gasteiger charge is 2.43. The van der Waals surface area contributed by atoms with Gasteiger partial charge in [-0.25, -0.2) is 0 Å². The van der Waals surface area contributed by atoms with E-state index in [0.29, 0.717) is 0 Å². The maximum absolute atomic E-state index is 2.59. The third kappa shape index (κ3) is 7.39. The van der Waals surface area contributed by atoms with Crippen molar-refractivity contribution in [2.45, 2.75) is 64.2 Å². The van der Waals surface area contributed by atoms with Gasteiger partial charge in [-0.15, -0.1) is 0 Å². The number of fused-ring (bicyclic) bond motifs is 12. The van der Waals surface area contributed by atoms with Gasteiger partial charge in [0.1, 0.15) is 0 Å². The molecule has 15 aromatic rings. The number of benzene rings is 15. The van der Waals surface area contributed by atoms with Gasteiger partial charge in [0.05, 0.1) is 0 Å². The predicted octanol–water partition coefficient (Wildman–Crippen LogP) is 24.8. The van der Waals surface area contributed by atoms with Gasteiger partial charge in [0.25, 0.3) is 0 Å². The zero-order valence-corrected chi connectivity index (χ0v) is 50.4. The first-order chi connectivity index (χ1) is 43.5. The first kappa shape index (κ1) is 52.2. The minimum Gasteiger partial charge on any atom is -0.0642 e. The van der Waals surface area contributed by atoms with Gasteiger partial charge >= 0.3 is 0 Å². The first-order valence-corrected chi connectivity index (χ1v) is 32.0. The topological polar surface area (TPSA) is 0 Å². The molecule has 0 nitrogen and oxygen atoms in total. The average Bonchev–Trinajstić information content (AvgIpc) is 1.29. The van der Waals surface area contributed by atoms with Gasteiger partial charge in [0.2, 0.25) is 0 Å². The molecule has 0 atom stereocenters. The fourth-order valence-corrected chi connectivity index (χ4v) is 17.1. The fraction of sp³-hybridized carbons (Fsp3) is 0.114. The summed E-state index contributed by atoms with van der Waals surface area (Å²) in [7, 11) is 0. The Bertz CT molecular complexity index is 5190. The first-order valence-electron chi connectivity index (χ1n) is 32.0. The Balaban J connectivity index is 0.779. The van der Waals surface area contributed by atoms with Gasteiger partial charge in [-0.2, -0.15) is 0 Å². The quantitative estimate of drug-likeness (QED) is 0.120. The Hall–Kier alpha value is -10.1. The molecule has 0 amide bonds. The van der Waals surface area contributed by atoms with E-state index in [4.69, 9.17) is 0 Å². The summed E-state index contributed by atoms with van der Waals surface area (Å²) in [5, 5.41) is 15.3. The molecule has 0 N–H and O–H groups in total. The van der Waals surface area contributed by atoms with Gasteiger partial charge < -0.3 is 0 Å². The lowest BCUT2D eigenvalue weighted by Gasteiger charge is -2.31. The fourth-order valence-electron chi connectivity index (χ4n) is 17.1. The van der Waals surface area contributed by atoms with Crippen molar-refractivity contribution in [2.75, 3.05) is 0 Å². The molecule has 0 saturated carbocycles. The maximum Gasteiger partial charge on any atom is 0.0210 e. The summed E-state index contributed by atoms with van der Waals surface area (Å²) in [6.07, 6.45) is 4.05. The summed E-state index contributed by atoms with van der Waals surface area (Å²) in [5.74, 6) is 0. The molecule has 0 unspecified atom stereocenters. The second-order valence-electron chi connectivity index (χ2n) is 24.9. The number of hydrogen-bond donors (Lipinski definition) is 0. The predicted molar refractivity (Wildman–Crippen MR) is 378 cm³/mol. The average molecular weight is 1120 g/mol. The van der Waals surface area contributed by atoms with E-state index in [1.165, 1.54) is 176 Å². The van der Waals surface area contributed by atoms with E-state index in [9.17, 15) is 0 Å². The van der Waals surface area contributed by atoms with Crippen molar-refractivity contribution in [1.29, 1.82) is 0 Å². The molecule has 0 radical (unpaired) electrons. The lowest BCUT2D eigenvalue weighted by atomic mass is 9.72. The largest absolute Gasteiger partial charge is 0.0642 e. The van der Waals surface area contributed by atoms with Crippen LogP contribution in [0.1, 0.15) is 75.6 Å². The van der Waals surface area contributed by atoms with Crippen LogP contribution in [-0.4, -0.2) is 0 Å². The van der Waals surface area contributed by atoms with Gasteiger partial charge in [0, 0.05) is 10.8 Å². The third-order valence-corrected chi connectivity index (χ3v) is 21.2. The Morgan fingerprint density at radius 1 is 0.182 bits per heavy atom.